The number of anilines is 1. The molecule has 0 saturated carbocycles. The zero-order chi connectivity index (χ0) is 10.7. The molecule has 2 N–H and O–H groups in total. The second kappa shape index (κ2) is 4.92. The number of nitrogens with zero attached hydrogens (tertiary/aromatic N) is 2. The van der Waals surface area contributed by atoms with Gasteiger partial charge in [-0.3, -0.25) is 4.98 Å². The Morgan fingerprint density at radius 3 is 3.27 bits per heavy atom. The Bertz CT molecular complexity index is 334. The number of pyridine rings is 1. The zero-order valence-electron chi connectivity index (χ0n) is 8.40. The van der Waals surface area contributed by atoms with Gasteiger partial charge in [0.05, 0.1) is 22.9 Å². The van der Waals surface area contributed by atoms with Crippen LogP contribution in [0.1, 0.15) is 0 Å². The molecule has 82 valence electrons. The van der Waals surface area contributed by atoms with Crippen LogP contribution < -0.4 is 10.6 Å². The van der Waals surface area contributed by atoms with E-state index in [1.807, 2.05) is 12.3 Å². The summed E-state index contributed by atoms with van der Waals surface area (Å²) in [4.78, 5) is 6.32. The highest BCUT2D eigenvalue weighted by Gasteiger charge is 2.20. The molecule has 1 aromatic heterocycles. The molecule has 5 heteroatoms. The largest absolute Gasteiger partial charge is 0.373 e. The van der Waals surface area contributed by atoms with Crippen LogP contribution >= 0.6 is 15.9 Å². The van der Waals surface area contributed by atoms with Gasteiger partial charge in [0.15, 0.2) is 0 Å². The van der Waals surface area contributed by atoms with E-state index < -0.39 is 0 Å². The SMILES string of the molecule is NCC1CN(c2ccncc2Br)CCO1. The molecular weight excluding hydrogens is 258 g/mol. The van der Waals surface area contributed by atoms with Gasteiger partial charge in [-0.05, 0) is 22.0 Å². The molecule has 1 fully saturated rings. The Morgan fingerprint density at radius 2 is 2.53 bits per heavy atom. The third kappa shape index (κ3) is 2.48. The van der Waals surface area contributed by atoms with Crippen LogP contribution in [0.4, 0.5) is 5.69 Å². The number of hydrogen-bond acceptors (Lipinski definition) is 4. The van der Waals surface area contributed by atoms with Crippen molar-refractivity contribution in [1.82, 2.24) is 4.98 Å². The van der Waals surface area contributed by atoms with Gasteiger partial charge in [0.25, 0.3) is 0 Å². The summed E-state index contributed by atoms with van der Waals surface area (Å²) in [6.45, 7) is 3.05. The minimum absolute atomic E-state index is 0.138. The van der Waals surface area contributed by atoms with Crippen LogP contribution in [0.15, 0.2) is 22.9 Å². The van der Waals surface area contributed by atoms with Gasteiger partial charge >= 0.3 is 0 Å². The smallest absolute Gasteiger partial charge is 0.0872 e. The van der Waals surface area contributed by atoms with Crippen LogP contribution in [-0.4, -0.2) is 37.3 Å². The molecule has 1 atom stereocenters. The molecule has 0 aliphatic carbocycles. The fourth-order valence-electron chi connectivity index (χ4n) is 1.71. The molecule has 1 aromatic rings. The van der Waals surface area contributed by atoms with Crippen LogP contribution in [0.2, 0.25) is 0 Å². The van der Waals surface area contributed by atoms with E-state index in [1.165, 1.54) is 0 Å². The van der Waals surface area contributed by atoms with Gasteiger partial charge < -0.3 is 15.4 Å². The monoisotopic (exact) mass is 271 g/mol. The predicted molar refractivity (Wildman–Crippen MR) is 62.9 cm³/mol. The summed E-state index contributed by atoms with van der Waals surface area (Å²) in [7, 11) is 0. The van der Waals surface area contributed by atoms with Crippen molar-refractivity contribution in [2.45, 2.75) is 6.10 Å². The fourth-order valence-corrected chi connectivity index (χ4v) is 2.21. The molecule has 0 aromatic carbocycles. The molecule has 2 heterocycles. The lowest BCUT2D eigenvalue weighted by atomic mass is 10.2. The van der Waals surface area contributed by atoms with E-state index in [9.17, 15) is 0 Å². The summed E-state index contributed by atoms with van der Waals surface area (Å²) >= 11 is 3.50. The predicted octanol–water partition coefficient (Wildman–Crippen LogP) is 1.01. The van der Waals surface area contributed by atoms with Crippen molar-refractivity contribution in [3.05, 3.63) is 22.9 Å². The zero-order valence-corrected chi connectivity index (χ0v) is 9.98. The van der Waals surface area contributed by atoms with E-state index in [0.29, 0.717) is 6.54 Å². The molecule has 15 heavy (non-hydrogen) atoms. The third-order valence-electron chi connectivity index (χ3n) is 2.49. The number of ether oxygens (including phenoxy) is 1. The average molecular weight is 272 g/mol. The summed E-state index contributed by atoms with van der Waals surface area (Å²) in [5, 5.41) is 0. The molecule has 4 nitrogen and oxygen atoms in total. The molecule has 0 bridgehead atoms. The molecule has 0 spiro atoms. The van der Waals surface area contributed by atoms with Crippen LogP contribution in [0.5, 0.6) is 0 Å². The molecular formula is C10H14BrN3O. The number of rotatable bonds is 2. The first-order chi connectivity index (χ1) is 7.31. The van der Waals surface area contributed by atoms with Crippen LogP contribution in [0.3, 0.4) is 0 Å². The van der Waals surface area contributed by atoms with Crippen LogP contribution in [0.25, 0.3) is 0 Å². The molecule has 1 saturated heterocycles. The molecule has 1 aliphatic rings. The maximum absolute atomic E-state index is 5.61. The van der Waals surface area contributed by atoms with Gasteiger partial charge in [0, 0.05) is 32.0 Å². The number of hydrogen-bond donors (Lipinski definition) is 1. The van der Waals surface area contributed by atoms with E-state index in [4.69, 9.17) is 10.5 Å². The Labute approximate surface area is 97.6 Å². The summed E-state index contributed by atoms with van der Waals surface area (Å²) in [5.41, 5.74) is 6.76. The van der Waals surface area contributed by atoms with E-state index in [2.05, 4.69) is 25.8 Å². The summed E-state index contributed by atoms with van der Waals surface area (Å²) in [5.74, 6) is 0. The lowest BCUT2D eigenvalue weighted by molar-refractivity contribution is 0.0465. The summed E-state index contributed by atoms with van der Waals surface area (Å²) < 4.78 is 6.54. The summed E-state index contributed by atoms with van der Waals surface area (Å²) in [6.07, 6.45) is 3.74. The van der Waals surface area contributed by atoms with Gasteiger partial charge in [-0.25, -0.2) is 0 Å². The number of aromatic nitrogens is 1. The fraction of sp³-hybridized carbons (Fsp3) is 0.500. The van der Waals surface area contributed by atoms with Crippen LogP contribution in [-0.2, 0) is 4.74 Å². The molecule has 1 aliphatic heterocycles. The lowest BCUT2D eigenvalue weighted by Gasteiger charge is -2.34. The van der Waals surface area contributed by atoms with Crippen molar-refractivity contribution in [2.24, 2.45) is 5.73 Å². The number of nitrogens with two attached hydrogens (primary N) is 1. The first-order valence-corrected chi connectivity index (χ1v) is 5.76. The minimum Gasteiger partial charge on any atom is -0.373 e. The van der Waals surface area contributed by atoms with Gasteiger partial charge in [-0.1, -0.05) is 0 Å². The Morgan fingerprint density at radius 1 is 1.67 bits per heavy atom. The quantitative estimate of drug-likeness (QED) is 0.873. The van der Waals surface area contributed by atoms with E-state index in [0.717, 1.165) is 29.9 Å². The lowest BCUT2D eigenvalue weighted by Crippen LogP contribution is -2.45. The van der Waals surface area contributed by atoms with Gasteiger partial charge in [-0.2, -0.15) is 0 Å². The topological polar surface area (TPSA) is 51.4 Å². The first-order valence-electron chi connectivity index (χ1n) is 4.97. The third-order valence-corrected chi connectivity index (χ3v) is 3.10. The van der Waals surface area contributed by atoms with Gasteiger partial charge in [0.2, 0.25) is 0 Å². The maximum atomic E-state index is 5.61. The second-order valence-electron chi connectivity index (χ2n) is 3.50. The Kier molecular flexibility index (Phi) is 3.56. The molecule has 2 rings (SSSR count). The standard InChI is InChI=1S/C10H14BrN3O/c11-9-6-13-2-1-10(9)14-3-4-15-8(5-12)7-14/h1-2,6,8H,3-5,7,12H2. The molecule has 0 radical (unpaired) electrons. The van der Waals surface area contributed by atoms with Crippen molar-refractivity contribution < 1.29 is 4.74 Å². The van der Waals surface area contributed by atoms with Crippen LogP contribution in [0, 0.1) is 0 Å². The first kappa shape index (κ1) is 10.9. The van der Waals surface area contributed by atoms with Crippen molar-refractivity contribution in [3.8, 4) is 0 Å². The van der Waals surface area contributed by atoms with Crippen molar-refractivity contribution in [1.29, 1.82) is 0 Å². The minimum atomic E-state index is 0.138. The van der Waals surface area contributed by atoms with E-state index in [1.54, 1.807) is 6.20 Å². The highest BCUT2D eigenvalue weighted by atomic mass is 79.9. The molecule has 1 unspecified atom stereocenters. The Hall–Kier alpha value is -0.650. The summed E-state index contributed by atoms with van der Waals surface area (Å²) in [6, 6.07) is 2.00. The van der Waals surface area contributed by atoms with Gasteiger partial charge in [-0.15, -0.1) is 0 Å². The van der Waals surface area contributed by atoms with Gasteiger partial charge in [0.1, 0.15) is 0 Å². The number of halogens is 1. The average Bonchev–Trinajstić information content (AvgIpc) is 2.30. The highest BCUT2D eigenvalue weighted by molar-refractivity contribution is 9.10. The van der Waals surface area contributed by atoms with Crippen molar-refractivity contribution in [3.63, 3.8) is 0 Å². The van der Waals surface area contributed by atoms with E-state index in [-0.39, 0.29) is 6.10 Å². The Balaban J connectivity index is 2.13. The maximum Gasteiger partial charge on any atom is 0.0872 e. The normalized spacial score (nSPS) is 21.7. The van der Waals surface area contributed by atoms with Crippen molar-refractivity contribution in [2.75, 3.05) is 31.1 Å². The van der Waals surface area contributed by atoms with E-state index >= 15 is 0 Å². The number of morpholine rings is 1. The van der Waals surface area contributed by atoms with Crippen molar-refractivity contribution >= 4 is 21.6 Å². The highest BCUT2D eigenvalue weighted by Crippen LogP contribution is 2.25. The second-order valence-corrected chi connectivity index (χ2v) is 4.36. The molecule has 0 amide bonds.